The van der Waals surface area contributed by atoms with Crippen LogP contribution in [0.1, 0.15) is 12.8 Å². The first-order valence-corrected chi connectivity index (χ1v) is 6.59. The summed E-state index contributed by atoms with van der Waals surface area (Å²) in [6.45, 7) is 3.14. The van der Waals surface area contributed by atoms with Gasteiger partial charge in [-0.2, -0.15) is 11.8 Å². The van der Waals surface area contributed by atoms with Crippen LogP contribution in [0.5, 0.6) is 0 Å². The lowest BCUT2D eigenvalue weighted by Crippen LogP contribution is -2.39. The number of halogens is 1. The number of hydrogen-bond acceptors (Lipinski definition) is 4. The largest absolute Gasteiger partial charge is 0.356 e. The summed E-state index contributed by atoms with van der Waals surface area (Å²) in [5.74, 6) is 4.63. The Hall–Kier alpha value is 0.350. The minimum absolute atomic E-state index is 0. The van der Waals surface area contributed by atoms with E-state index in [4.69, 9.17) is 0 Å². The quantitative estimate of drug-likeness (QED) is 0.774. The molecule has 0 aromatic heterocycles. The second-order valence-corrected chi connectivity index (χ2v) is 5.24. The maximum absolute atomic E-state index is 4.43. The van der Waals surface area contributed by atoms with Crippen molar-refractivity contribution >= 4 is 41.7 Å². The van der Waals surface area contributed by atoms with E-state index in [0.717, 1.165) is 31.5 Å². The van der Waals surface area contributed by atoms with E-state index in [-0.39, 0.29) is 24.0 Å². The van der Waals surface area contributed by atoms with Crippen molar-refractivity contribution in [3.05, 3.63) is 0 Å². The van der Waals surface area contributed by atoms with E-state index in [0.29, 0.717) is 0 Å². The number of rotatable bonds is 2. The molecule has 2 aliphatic heterocycles. The normalized spacial score (nSPS) is 25.8. The van der Waals surface area contributed by atoms with E-state index >= 15 is 0 Å². The Kier molecular flexibility index (Phi) is 6.11. The van der Waals surface area contributed by atoms with Crippen molar-refractivity contribution < 1.29 is 0 Å². The third-order valence-electron chi connectivity index (χ3n) is 2.86. The van der Waals surface area contributed by atoms with E-state index in [2.05, 4.69) is 34.0 Å². The smallest absolute Gasteiger partial charge is 0.193 e. The van der Waals surface area contributed by atoms with Gasteiger partial charge in [0.05, 0.1) is 6.54 Å². The second-order valence-electron chi connectivity index (χ2n) is 4.09. The fourth-order valence-corrected chi connectivity index (χ4v) is 3.08. The standard InChI is InChI=1S/C10H19N3S.HI/c1-13-5-4-11-10(13)12-7-9-3-2-6-14-8-9;/h9H,2-8H2,1H3,(H,11,12);1H. The fourth-order valence-electron chi connectivity index (χ4n) is 1.93. The van der Waals surface area contributed by atoms with Gasteiger partial charge in [-0.05, 0) is 30.3 Å². The van der Waals surface area contributed by atoms with Crippen LogP contribution in [-0.2, 0) is 0 Å². The van der Waals surface area contributed by atoms with E-state index in [1.54, 1.807) is 0 Å². The molecule has 0 spiro atoms. The fraction of sp³-hybridized carbons (Fsp3) is 0.900. The Balaban J connectivity index is 0.00000112. The zero-order valence-electron chi connectivity index (χ0n) is 9.24. The summed E-state index contributed by atoms with van der Waals surface area (Å²) in [7, 11) is 2.11. The van der Waals surface area contributed by atoms with Crippen LogP contribution in [0.4, 0.5) is 0 Å². The molecule has 0 aromatic rings. The van der Waals surface area contributed by atoms with Crippen LogP contribution in [0.2, 0.25) is 0 Å². The third-order valence-corrected chi connectivity index (χ3v) is 4.15. The topological polar surface area (TPSA) is 27.6 Å². The van der Waals surface area contributed by atoms with Gasteiger partial charge in [-0.25, -0.2) is 0 Å². The lowest BCUT2D eigenvalue weighted by Gasteiger charge is -2.23. The highest BCUT2D eigenvalue weighted by atomic mass is 127. The summed E-state index contributed by atoms with van der Waals surface area (Å²) in [4.78, 5) is 6.63. The Morgan fingerprint density at radius 2 is 2.47 bits per heavy atom. The third kappa shape index (κ3) is 4.01. The molecule has 2 aliphatic rings. The average Bonchev–Trinajstić information content (AvgIpc) is 2.63. The second kappa shape index (κ2) is 6.83. The van der Waals surface area contributed by atoms with E-state index in [9.17, 15) is 0 Å². The van der Waals surface area contributed by atoms with Gasteiger partial charge in [0.25, 0.3) is 0 Å². The molecule has 0 radical (unpaired) electrons. The van der Waals surface area contributed by atoms with Gasteiger partial charge in [0, 0.05) is 20.1 Å². The molecule has 1 unspecified atom stereocenters. The van der Waals surface area contributed by atoms with Crippen LogP contribution in [0, 0.1) is 5.92 Å². The molecule has 1 atom stereocenters. The lowest BCUT2D eigenvalue weighted by atomic mass is 10.1. The minimum atomic E-state index is 0. The summed E-state index contributed by atoms with van der Waals surface area (Å²) < 4.78 is 0. The summed E-state index contributed by atoms with van der Waals surface area (Å²) in [5.41, 5.74) is 0. The van der Waals surface area contributed by atoms with Crippen LogP contribution in [0.15, 0.2) is 4.99 Å². The molecule has 88 valence electrons. The Bertz CT molecular complexity index is 217. The molecule has 0 aromatic carbocycles. The van der Waals surface area contributed by atoms with Crippen LogP contribution in [0.3, 0.4) is 0 Å². The van der Waals surface area contributed by atoms with Crippen molar-refractivity contribution in [3.63, 3.8) is 0 Å². The summed E-state index contributed by atoms with van der Waals surface area (Å²) in [6, 6.07) is 0. The van der Waals surface area contributed by atoms with E-state index in [1.807, 2.05) is 0 Å². The van der Waals surface area contributed by atoms with Gasteiger partial charge in [0.2, 0.25) is 0 Å². The molecule has 2 rings (SSSR count). The van der Waals surface area contributed by atoms with Gasteiger partial charge in [-0.1, -0.05) is 0 Å². The predicted molar refractivity (Wildman–Crippen MR) is 78.4 cm³/mol. The summed E-state index contributed by atoms with van der Waals surface area (Å²) in [6.07, 6.45) is 2.77. The summed E-state index contributed by atoms with van der Waals surface area (Å²) in [5, 5.41) is 3.46. The maximum Gasteiger partial charge on any atom is 0.193 e. The molecule has 1 saturated heterocycles. The first-order valence-electron chi connectivity index (χ1n) is 5.43. The zero-order valence-corrected chi connectivity index (χ0v) is 12.4. The number of guanidine groups is 1. The predicted octanol–water partition coefficient (Wildman–Crippen LogP) is 1.64. The average molecular weight is 341 g/mol. The van der Waals surface area contributed by atoms with Crippen LogP contribution < -0.4 is 5.32 Å². The highest BCUT2D eigenvalue weighted by Gasteiger charge is 2.16. The molecule has 3 nitrogen and oxygen atoms in total. The molecular formula is C10H20IN3S. The first-order chi connectivity index (χ1) is 6.86. The molecular weight excluding hydrogens is 321 g/mol. The van der Waals surface area contributed by atoms with Crippen molar-refractivity contribution in [1.29, 1.82) is 0 Å². The van der Waals surface area contributed by atoms with Gasteiger partial charge >= 0.3 is 0 Å². The van der Waals surface area contributed by atoms with E-state index in [1.165, 1.54) is 24.3 Å². The van der Waals surface area contributed by atoms with Crippen molar-refractivity contribution in [2.75, 3.05) is 38.2 Å². The minimum Gasteiger partial charge on any atom is -0.356 e. The number of nitrogens with zero attached hydrogens (tertiary/aromatic N) is 2. The molecule has 0 amide bonds. The van der Waals surface area contributed by atoms with Crippen molar-refractivity contribution in [2.45, 2.75) is 12.8 Å². The summed E-state index contributed by atoms with van der Waals surface area (Å²) >= 11 is 2.09. The van der Waals surface area contributed by atoms with Gasteiger partial charge in [0.1, 0.15) is 0 Å². The number of thioether (sulfide) groups is 1. The van der Waals surface area contributed by atoms with Crippen molar-refractivity contribution in [3.8, 4) is 0 Å². The molecule has 2 heterocycles. The van der Waals surface area contributed by atoms with Gasteiger partial charge in [-0.3, -0.25) is 4.99 Å². The van der Waals surface area contributed by atoms with Crippen molar-refractivity contribution in [2.24, 2.45) is 10.9 Å². The van der Waals surface area contributed by atoms with Crippen LogP contribution in [-0.4, -0.2) is 49.0 Å². The monoisotopic (exact) mass is 341 g/mol. The highest BCUT2D eigenvalue weighted by molar-refractivity contribution is 14.0. The van der Waals surface area contributed by atoms with Crippen molar-refractivity contribution in [1.82, 2.24) is 10.2 Å². The number of hydrogen-bond donors (Lipinski definition) is 1. The number of likely N-dealkylation sites (N-methyl/N-ethyl adjacent to an activating group) is 1. The molecule has 15 heavy (non-hydrogen) atoms. The molecule has 0 saturated carbocycles. The highest BCUT2D eigenvalue weighted by Crippen LogP contribution is 2.21. The molecule has 0 aliphatic carbocycles. The van der Waals surface area contributed by atoms with E-state index < -0.39 is 0 Å². The van der Waals surface area contributed by atoms with Gasteiger partial charge < -0.3 is 10.2 Å². The molecule has 5 heteroatoms. The van der Waals surface area contributed by atoms with Gasteiger partial charge in [-0.15, -0.1) is 24.0 Å². The van der Waals surface area contributed by atoms with Crippen LogP contribution >= 0.6 is 35.7 Å². The molecule has 1 N–H and O–H groups in total. The molecule has 1 fully saturated rings. The number of nitrogens with one attached hydrogen (secondary N) is 1. The first kappa shape index (κ1) is 13.4. The van der Waals surface area contributed by atoms with Gasteiger partial charge in [0.15, 0.2) is 5.96 Å². The Morgan fingerprint density at radius 3 is 3.07 bits per heavy atom. The Labute approximate surface area is 113 Å². The molecule has 0 bridgehead atoms. The number of aliphatic imine (C=N–C) groups is 1. The maximum atomic E-state index is 4.43. The Morgan fingerprint density at radius 1 is 1.60 bits per heavy atom. The van der Waals surface area contributed by atoms with Crippen LogP contribution in [0.25, 0.3) is 0 Å². The lowest BCUT2D eigenvalue weighted by molar-refractivity contribution is 0.484. The zero-order chi connectivity index (χ0) is 9.80. The SMILES string of the molecule is CN1CCN=C1NCC1CCCSC1.I.